The van der Waals surface area contributed by atoms with Gasteiger partial charge in [-0.25, -0.2) is 18.8 Å². The van der Waals surface area contributed by atoms with Gasteiger partial charge < -0.3 is 0 Å². The lowest BCUT2D eigenvalue weighted by Gasteiger charge is -2.47. The normalized spacial score (nSPS) is 27.6. The van der Waals surface area contributed by atoms with E-state index in [2.05, 4.69) is 42.4 Å². The first-order valence-corrected chi connectivity index (χ1v) is 11.8. The van der Waals surface area contributed by atoms with Crippen molar-refractivity contribution in [1.29, 1.82) is 0 Å². The Balaban J connectivity index is 1.43. The summed E-state index contributed by atoms with van der Waals surface area (Å²) in [6.07, 6.45) is 6.91. The highest BCUT2D eigenvalue weighted by Crippen LogP contribution is 2.47. The fourth-order valence-electron chi connectivity index (χ4n) is 4.92. The highest BCUT2D eigenvalue weighted by Gasteiger charge is 2.40. The van der Waals surface area contributed by atoms with Crippen LogP contribution in [0.1, 0.15) is 53.4 Å². The maximum Gasteiger partial charge on any atom is 0.123 e. The van der Waals surface area contributed by atoms with Crippen LogP contribution >= 0.6 is 12.1 Å². The SMILES string of the molecule is CC1=C(N(N)c2ccc(F)cc2)C=C2CCN(SN3CCC(C)(C)CC3)CC2(C)C1. The third-order valence-corrected chi connectivity index (χ3v) is 8.14. The molecular weight excluding hydrogens is 395 g/mol. The third-order valence-electron chi connectivity index (χ3n) is 7.01. The average Bonchev–Trinajstić information content (AvgIpc) is 2.68. The number of piperidine rings is 2. The molecule has 0 aromatic heterocycles. The Morgan fingerprint density at radius 3 is 2.37 bits per heavy atom. The summed E-state index contributed by atoms with van der Waals surface area (Å²) in [5.41, 5.74) is 5.27. The van der Waals surface area contributed by atoms with Crippen molar-refractivity contribution in [2.45, 2.75) is 53.4 Å². The number of hydrogen-bond acceptors (Lipinski definition) is 5. The van der Waals surface area contributed by atoms with Crippen LogP contribution in [0.2, 0.25) is 0 Å². The molecule has 6 heteroatoms. The van der Waals surface area contributed by atoms with E-state index in [1.54, 1.807) is 17.1 Å². The van der Waals surface area contributed by atoms with Crippen LogP contribution in [0.15, 0.2) is 47.2 Å². The minimum absolute atomic E-state index is 0.150. The van der Waals surface area contributed by atoms with E-state index in [0.717, 1.165) is 37.3 Å². The first-order valence-electron chi connectivity index (χ1n) is 11.0. The number of benzene rings is 1. The average molecular weight is 431 g/mol. The molecule has 2 aliphatic heterocycles. The molecule has 1 aromatic rings. The maximum absolute atomic E-state index is 13.3. The molecule has 1 atom stereocenters. The van der Waals surface area contributed by atoms with Gasteiger partial charge in [-0.2, -0.15) is 0 Å². The Bertz CT molecular complexity index is 837. The van der Waals surface area contributed by atoms with Gasteiger partial charge in [0.15, 0.2) is 0 Å². The van der Waals surface area contributed by atoms with Crippen LogP contribution in [-0.4, -0.2) is 34.8 Å². The van der Waals surface area contributed by atoms with Gasteiger partial charge in [0.1, 0.15) is 5.82 Å². The van der Waals surface area contributed by atoms with Gasteiger partial charge in [0.25, 0.3) is 0 Å². The lowest BCUT2D eigenvalue weighted by molar-refractivity contribution is 0.192. The molecule has 0 radical (unpaired) electrons. The number of nitrogens with two attached hydrogens (primary N) is 1. The summed E-state index contributed by atoms with van der Waals surface area (Å²) in [5, 5.41) is 1.71. The van der Waals surface area contributed by atoms with Crippen molar-refractivity contribution < 1.29 is 4.39 Å². The van der Waals surface area contributed by atoms with E-state index in [0.29, 0.717) is 5.41 Å². The van der Waals surface area contributed by atoms with Gasteiger partial charge in [-0.3, -0.25) is 5.01 Å². The van der Waals surface area contributed by atoms with Gasteiger partial charge >= 0.3 is 0 Å². The van der Waals surface area contributed by atoms with Crippen molar-refractivity contribution >= 4 is 17.8 Å². The number of nitrogens with zero attached hydrogens (tertiary/aromatic N) is 3. The van der Waals surface area contributed by atoms with Crippen LogP contribution in [0.5, 0.6) is 0 Å². The monoisotopic (exact) mass is 430 g/mol. The minimum atomic E-state index is -0.241. The fourth-order valence-corrected chi connectivity index (χ4v) is 6.11. The molecule has 2 saturated heterocycles. The fraction of sp³-hybridized carbons (Fsp3) is 0.583. The second kappa shape index (κ2) is 8.30. The molecule has 2 N–H and O–H groups in total. The molecule has 0 bridgehead atoms. The van der Waals surface area contributed by atoms with E-state index in [4.69, 9.17) is 5.84 Å². The number of fused-ring (bicyclic) bond motifs is 1. The number of rotatable bonds is 4. The van der Waals surface area contributed by atoms with Crippen LogP contribution < -0.4 is 10.9 Å². The van der Waals surface area contributed by atoms with Crippen molar-refractivity contribution in [3.63, 3.8) is 0 Å². The summed E-state index contributed by atoms with van der Waals surface area (Å²) in [6, 6.07) is 6.40. The molecular formula is C24H35FN4S. The summed E-state index contributed by atoms with van der Waals surface area (Å²) in [5.74, 6) is 6.19. The molecule has 0 saturated carbocycles. The van der Waals surface area contributed by atoms with Crippen LogP contribution in [0.4, 0.5) is 10.1 Å². The van der Waals surface area contributed by atoms with Crippen molar-refractivity contribution in [3.05, 3.63) is 53.0 Å². The second-order valence-corrected chi connectivity index (χ2v) is 11.4. The first-order chi connectivity index (χ1) is 14.2. The van der Waals surface area contributed by atoms with Gasteiger partial charge in [0.2, 0.25) is 0 Å². The topological polar surface area (TPSA) is 35.7 Å². The van der Waals surface area contributed by atoms with Crippen molar-refractivity contribution in [1.82, 2.24) is 8.61 Å². The van der Waals surface area contributed by atoms with Gasteiger partial charge in [0, 0.05) is 43.7 Å². The quantitative estimate of drug-likeness (QED) is 0.387. The standard InChI is InChI=1S/C24H35FN4S/c1-18-16-24(4)17-28(30-27-13-10-23(2,3)11-14-27)12-9-19(24)15-22(18)29(26)21-7-5-20(25)6-8-21/h5-8,15H,9-14,16-17,26H2,1-4H3. The second-order valence-electron chi connectivity index (χ2n) is 10.2. The Hall–Kier alpha value is -1.34. The van der Waals surface area contributed by atoms with Crippen molar-refractivity contribution in [2.75, 3.05) is 31.2 Å². The smallest absolute Gasteiger partial charge is 0.123 e. The van der Waals surface area contributed by atoms with Gasteiger partial charge in [-0.15, -0.1) is 0 Å². The molecule has 0 amide bonds. The Morgan fingerprint density at radius 1 is 1.03 bits per heavy atom. The van der Waals surface area contributed by atoms with Crippen LogP contribution in [-0.2, 0) is 0 Å². The predicted octanol–water partition coefficient (Wildman–Crippen LogP) is 5.51. The number of halogens is 1. The Labute approximate surface area is 185 Å². The first kappa shape index (κ1) is 21.9. The van der Waals surface area contributed by atoms with Crippen LogP contribution in [0.25, 0.3) is 0 Å². The maximum atomic E-state index is 13.3. The highest BCUT2D eigenvalue weighted by molar-refractivity contribution is 7.94. The number of anilines is 1. The number of hydrazine groups is 1. The van der Waals surface area contributed by atoms with Gasteiger partial charge in [-0.05, 0) is 73.9 Å². The van der Waals surface area contributed by atoms with E-state index in [1.165, 1.54) is 49.2 Å². The van der Waals surface area contributed by atoms with E-state index < -0.39 is 0 Å². The summed E-state index contributed by atoms with van der Waals surface area (Å²) >= 11 is 1.96. The molecule has 1 unspecified atom stereocenters. The van der Waals surface area contributed by atoms with Crippen LogP contribution in [0.3, 0.4) is 0 Å². The van der Waals surface area contributed by atoms with E-state index in [1.807, 2.05) is 12.1 Å². The molecule has 1 aliphatic carbocycles. The molecule has 2 fully saturated rings. The molecule has 4 nitrogen and oxygen atoms in total. The van der Waals surface area contributed by atoms with E-state index in [-0.39, 0.29) is 11.2 Å². The van der Waals surface area contributed by atoms with Crippen LogP contribution in [0, 0.1) is 16.6 Å². The number of allylic oxidation sites excluding steroid dienone is 2. The molecule has 4 rings (SSSR count). The summed E-state index contributed by atoms with van der Waals surface area (Å²) < 4.78 is 18.4. The summed E-state index contributed by atoms with van der Waals surface area (Å²) in [7, 11) is 0. The minimum Gasteiger partial charge on any atom is -0.280 e. The lowest BCUT2D eigenvalue weighted by Crippen LogP contribution is -2.45. The molecule has 0 spiro atoms. The third kappa shape index (κ3) is 4.62. The zero-order chi connectivity index (χ0) is 21.5. The van der Waals surface area contributed by atoms with Crippen molar-refractivity contribution in [3.8, 4) is 0 Å². The van der Waals surface area contributed by atoms with Gasteiger partial charge in [0.05, 0.1) is 11.4 Å². The van der Waals surface area contributed by atoms with E-state index in [9.17, 15) is 4.39 Å². The predicted molar refractivity (Wildman–Crippen MR) is 125 cm³/mol. The molecule has 1 aromatic carbocycles. The number of hydrogen-bond donors (Lipinski definition) is 1. The van der Waals surface area contributed by atoms with E-state index >= 15 is 0 Å². The Kier molecular flexibility index (Phi) is 6.05. The summed E-state index contributed by atoms with van der Waals surface area (Å²) in [6.45, 7) is 13.8. The lowest BCUT2D eigenvalue weighted by atomic mass is 9.70. The molecule has 164 valence electrons. The highest BCUT2D eigenvalue weighted by atomic mass is 32.2. The summed E-state index contributed by atoms with van der Waals surface area (Å²) in [4.78, 5) is 0. The molecule has 2 heterocycles. The Morgan fingerprint density at radius 2 is 1.70 bits per heavy atom. The van der Waals surface area contributed by atoms with Gasteiger partial charge in [-0.1, -0.05) is 26.3 Å². The van der Waals surface area contributed by atoms with Crippen molar-refractivity contribution in [2.24, 2.45) is 16.7 Å². The largest absolute Gasteiger partial charge is 0.280 e. The molecule has 30 heavy (non-hydrogen) atoms. The molecule has 3 aliphatic rings. The zero-order valence-corrected chi connectivity index (χ0v) is 19.6. The zero-order valence-electron chi connectivity index (χ0n) is 18.7.